The maximum absolute atomic E-state index is 6.12. The van der Waals surface area contributed by atoms with E-state index >= 15 is 0 Å². The number of hydrogen-bond acceptors (Lipinski definition) is 4. The van der Waals surface area contributed by atoms with E-state index < -0.39 is 0 Å². The zero-order chi connectivity index (χ0) is 15.5. The molecule has 0 saturated carbocycles. The second-order valence-corrected chi connectivity index (χ2v) is 6.07. The van der Waals surface area contributed by atoms with Gasteiger partial charge in [0.05, 0.1) is 12.1 Å². The Morgan fingerprint density at radius 1 is 1.29 bits per heavy atom. The van der Waals surface area contributed by atoms with E-state index in [2.05, 4.69) is 47.7 Å². The average Bonchev–Trinajstić information content (AvgIpc) is 2.78. The Morgan fingerprint density at radius 3 is 2.48 bits per heavy atom. The van der Waals surface area contributed by atoms with Gasteiger partial charge in [0, 0.05) is 18.1 Å². The standard InChI is InChI=1S/C16H25ClN4/c1-4-20(5-2)10-11-21-15(18)19-12-16(21,3)13-6-8-14(17)9-7-13/h6-9H,4-5,10-12H2,1-3H3,(H2,18,19). The molecule has 1 atom stereocenters. The minimum absolute atomic E-state index is 0.179. The van der Waals surface area contributed by atoms with Gasteiger partial charge in [-0.15, -0.1) is 0 Å². The Balaban J connectivity index is 2.16. The Labute approximate surface area is 132 Å². The van der Waals surface area contributed by atoms with Crippen molar-refractivity contribution in [1.82, 2.24) is 9.80 Å². The average molecular weight is 309 g/mol. The number of nitrogens with zero attached hydrogens (tertiary/aromatic N) is 3. The van der Waals surface area contributed by atoms with Crippen LogP contribution in [0.3, 0.4) is 0 Å². The fourth-order valence-corrected chi connectivity index (χ4v) is 2.98. The molecule has 0 fully saturated rings. The highest BCUT2D eigenvalue weighted by molar-refractivity contribution is 6.30. The summed E-state index contributed by atoms with van der Waals surface area (Å²) in [6.07, 6.45) is 0. The van der Waals surface area contributed by atoms with Crippen LogP contribution in [-0.2, 0) is 5.54 Å². The van der Waals surface area contributed by atoms with E-state index in [9.17, 15) is 0 Å². The molecule has 0 aromatic heterocycles. The summed E-state index contributed by atoms with van der Waals surface area (Å²) in [6, 6.07) is 8.00. The van der Waals surface area contributed by atoms with Gasteiger partial charge in [-0.1, -0.05) is 37.6 Å². The summed E-state index contributed by atoms with van der Waals surface area (Å²) >= 11 is 6.00. The van der Waals surface area contributed by atoms with Crippen LogP contribution in [0.15, 0.2) is 29.3 Å². The van der Waals surface area contributed by atoms with Gasteiger partial charge in [0.25, 0.3) is 0 Å². The third-order valence-electron chi connectivity index (χ3n) is 4.42. The van der Waals surface area contributed by atoms with Crippen LogP contribution >= 0.6 is 11.6 Å². The molecule has 1 aromatic rings. The number of hydrogen-bond donors (Lipinski definition) is 1. The van der Waals surface area contributed by atoms with E-state index in [0.29, 0.717) is 12.5 Å². The molecule has 1 aliphatic heterocycles. The zero-order valence-electron chi connectivity index (χ0n) is 13.1. The summed E-state index contributed by atoms with van der Waals surface area (Å²) in [5, 5.41) is 0.754. The number of halogens is 1. The summed E-state index contributed by atoms with van der Waals surface area (Å²) in [5.74, 6) is 0.639. The van der Waals surface area contributed by atoms with E-state index in [0.717, 1.165) is 31.2 Å². The number of nitrogens with two attached hydrogens (primary N) is 1. The minimum Gasteiger partial charge on any atom is -0.370 e. The van der Waals surface area contributed by atoms with Gasteiger partial charge in [-0.2, -0.15) is 0 Å². The second kappa shape index (κ2) is 6.67. The van der Waals surface area contributed by atoms with E-state index in [1.54, 1.807) is 0 Å². The van der Waals surface area contributed by atoms with Crippen molar-refractivity contribution in [3.8, 4) is 0 Å². The fourth-order valence-electron chi connectivity index (χ4n) is 2.86. The normalized spacial score (nSPS) is 22.0. The maximum atomic E-state index is 6.12. The van der Waals surface area contributed by atoms with E-state index in [-0.39, 0.29) is 5.54 Å². The van der Waals surface area contributed by atoms with E-state index in [4.69, 9.17) is 17.3 Å². The van der Waals surface area contributed by atoms with Gasteiger partial charge in [-0.25, -0.2) is 0 Å². The van der Waals surface area contributed by atoms with Crippen molar-refractivity contribution >= 4 is 17.6 Å². The first kappa shape index (κ1) is 16.1. The molecule has 1 aliphatic rings. The molecule has 1 unspecified atom stereocenters. The van der Waals surface area contributed by atoms with Crippen LogP contribution in [0.4, 0.5) is 0 Å². The molecule has 0 radical (unpaired) electrons. The Bertz CT molecular complexity index is 496. The first-order valence-electron chi connectivity index (χ1n) is 7.57. The molecular formula is C16H25ClN4. The van der Waals surface area contributed by atoms with Crippen molar-refractivity contribution in [2.24, 2.45) is 10.7 Å². The predicted molar refractivity (Wildman–Crippen MR) is 89.8 cm³/mol. The highest BCUT2D eigenvalue weighted by Crippen LogP contribution is 2.33. The van der Waals surface area contributed by atoms with Gasteiger partial charge in [-0.05, 0) is 37.7 Å². The van der Waals surface area contributed by atoms with Crippen LogP contribution in [0.5, 0.6) is 0 Å². The molecule has 2 rings (SSSR count). The van der Waals surface area contributed by atoms with Crippen molar-refractivity contribution in [2.75, 3.05) is 32.7 Å². The zero-order valence-corrected chi connectivity index (χ0v) is 13.9. The van der Waals surface area contributed by atoms with Crippen LogP contribution in [-0.4, -0.2) is 48.5 Å². The monoisotopic (exact) mass is 308 g/mol. The van der Waals surface area contributed by atoms with Gasteiger partial charge < -0.3 is 15.5 Å². The molecule has 21 heavy (non-hydrogen) atoms. The predicted octanol–water partition coefficient (Wildman–Crippen LogP) is 2.53. The molecule has 1 heterocycles. The smallest absolute Gasteiger partial charge is 0.192 e. The molecule has 0 aliphatic carbocycles. The Kier molecular flexibility index (Phi) is 5.12. The number of aliphatic imine (C=N–C) groups is 1. The van der Waals surface area contributed by atoms with Gasteiger partial charge in [0.2, 0.25) is 0 Å². The van der Waals surface area contributed by atoms with Crippen LogP contribution in [0.1, 0.15) is 26.3 Å². The topological polar surface area (TPSA) is 44.9 Å². The van der Waals surface area contributed by atoms with Gasteiger partial charge >= 0.3 is 0 Å². The lowest BCUT2D eigenvalue weighted by molar-refractivity contribution is 0.188. The lowest BCUT2D eigenvalue weighted by Gasteiger charge is -2.38. The molecule has 0 bridgehead atoms. The van der Waals surface area contributed by atoms with Gasteiger partial charge in [0.1, 0.15) is 0 Å². The van der Waals surface area contributed by atoms with E-state index in [1.165, 1.54) is 5.56 Å². The first-order chi connectivity index (χ1) is 10.0. The first-order valence-corrected chi connectivity index (χ1v) is 7.95. The van der Waals surface area contributed by atoms with Crippen LogP contribution in [0.25, 0.3) is 0 Å². The van der Waals surface area contributed by atoms with Crippen LogP contribution in [0, 0.1) is 0 Å². The quantitative estimate of drug-likeness (QED) is 0.878. The summed E-state index contributed by atoms with van der Waals surface area (Å²) in [6.45, 7) is 11.2. The minimum atomic E-state index is -0.179. The molecule has 2 N–H and O–H groups in total. The highest BCUT2D eigenvalue weighted by Gasteiger charge is 2.39. The molecule has 116 valence electrons. The SMILES string of the molecule is CCN(CC)CCN1C(N)=NCC1(C)c1ccc(Cl)cc1. The molecular weight excluding hydrogens is 284 g/mol. The maximum Gasteiger partial charge on any atom is 0.192 e. The van der Waals surface area contributed by atoms with E-state index in [1.807, 2.05) is 12.1 Å². The van der Waals surface area contributed by atoms with Crippen molar-refractivity contribution in [2.45, 2.75) is 26.3 Å². The van der Waals surface area contributed by atoms with Crippen molar-refractivity contribution in [1.29, 1.82) is 0 Å². The molecule has 0 saturated heterocycles. The number of benzene rings is 1. The van der Waals surface area contributed by atoms with Crippen molar-refractivity contribution in [3.63, 3.8) is 0 Å². The van der Waals surface area contributed by atoms with Gasteiger partial charge in [-0.3, -0.25) is 4.99 Å². The molecule has 0 amide bonds. The third-order valence-corrected chi connectivity index (χ3v) is 4.67. The van der Waals surface area contributed by atoms with Crippen LogP contribution in [0.2, 0.25) is 5.02 Å². The van der Waals surface area contributed by atoms with Crippen molar-refractivity contribution < 1.29 is 0 Å². The second-order valence-electron chi connectivity index (χ2n) is 5.63. The Morgan fingerprint density at radius 2 is 1.90 bits per heavy atom. The lowest BCUT2D eigenvalue weighted by Crippen LogP contribution is -2.50. The van der Waals surface area contributed by atoms with Crippen molar-refractivity contribution in [3.05, 3.63) is 34.9 Å². The summed E-state index contributed by atoms with van der Waals surface area (Å²) in [4.78, 5) is 9.08. The number of rotatable bonds is 6. The number of guanidine groups is 1. The third kappa shape index (κ3) is 3.33. The fraction of sp³-hybridized carbons (Fsp3) is 0.562. The largest absolute Gasteiger partial charge is 0.370 e. The summed E-state index contributed by atoms with van der Waals surface area (Å²) in [7, 11) is 0. The lowest BCUT2D eigenvalue weighted by atomic mass is 9.91. The Hall–Kier alpha value is -1.26. The molecule has 1 aromatic carbocycles. The van der Waals surface area contributed by atoms with Crippen LogP contribution < -0.4 is 5.73 Å². The summed E-state index contributed by atoms with van der Waals surface area (Å²) < 4.78 is 0. The van der Waals surface area contributed by atoms with Gasteiger partial charge in [0.15, 0.2) is 5.96 Å². The molecule has 0 spiro atoms. The summed E-state index contributed by atoms with van der Waals surface area (Å²) in [5.41, 5.74) is 7.15. The molecule has 5 heteroatoms. The number of likely N-dealkylation sites (N-methyl/N-ethyl adjacent to an activating group) is 1. The molecule has 4 nitrogen and oxygen atoms in total. The highest BCUT2D eigenvalue weighted by atomic mass is 35.5.